The highest BCUT2D eigenvalue weighted by Crippen LogP contribution is 2.29. The van der Waals surface area contributed by atoms with Crippen molar-refractivity contribution in [3.8, 4) is 10.6 Å². The van der Waals surface area contributed by atoms with E-state index in [1.807, 2.05) is 18.4 Å². The van der Waals surface area contributed by atoms with Crippen molar-refractivity contribution in [3.05, 3.63) is 27.4 Å². The quantitative estimate of drug-likeness (QED) is 0.828. The lowest BCUT2D eigenvalue weighted by Crippen LogP contribution is -1.80. The van der Waals surface area contributed by atoms with Crippen molar-refractivity contribution in [1.82, 2.24) is 4.98 Å². The maximum atomic E-state index is 9.00. The van der Waals surface area contributed by atoms with Gasteiger partial charge in [0.25, 0.3) is 0 Å². The van der Waals surface area contributed by atoms with E-state index < -0.39 is 0 Å². The molecule has 4 heteroatoms. The third-order valence-electron chi connectivity index (χ3n) is 1.80. The number of aliphatic hydroxyl groups is 1. The summed E-state index contributed by atoms with van der Waals surface area (Å²) in [5.74, 6) is 0. The fraction of sp³-hybridized carbons (Fsp3) is 0.222. The fourth-order valence-corrected chi connectivity index (χ4v) is 2.72. The molecular weight excluding hydrogens is 202 g/mol. The average molecular weight is 211 g/mol. The molecule has 0 fully saturated rings. The zero-order valence-electron chi connectivity index (χ0n) is 7.15. The monoisotopic (exact) mass is 211 g/mol. The summed E-state index contributed by atoms with van der Waals surface area (Å²) in [6.07, 6.45) is 0. The van der Waals surface area contributed by atoms with Gasteiger partial charge in [-0.1, -0.05) is 0 Å². The number of hydrogen-bond donors (Lipinski definition) is 1. The summed E-state index contributed by atoms with van der Waals surface area (Å²) in [5.41, 5.74) is 2.09. The molecule has 2 aromatic heterocycles. The van der Waals surface area contributed by atoms with Crippen LogP contribution in [0.25, 0.3) is 10.6 Å². The number of thiazole rings is 1. The Morgan fingerprint density at radius 2 is 2.38 bits per heavy atom. The minimum absolute atomic E-state index is 0.0909. The van der Waals surface area contributed by atoms with Crippen LogP contribution >= 0.6 is 22.7 Å². The molecular formula is C9H9NOS2. The molecule has 0 amide bonds. The van der Waals surface area contributed by atoms with Crippen LogP contribution in [0, 0.1) is 6.92 Å². The SMILES string of the molecule is Cc1nc(-c2ccsc2)sc1CO. The van der Waals surface area contributed by atoms with E-state index in [1.165, 1.54) is 0 Å². The van der Waals surface area contributed by atoms with Crippen molar-refractivity contribution < 1.29 is 5.11 Å². The summed E-state index contributed by atoms with van der Waals surface area (Å²) in [6, 6.07) is 2.05. The highest BCUT2D eigenvalue weighted by molar-refractivity contribution is 7.15. The van der Waals surface area contributed by atoms with E-state index in [4.69, 9.17) is 5.11 Å². The van der Waals surface area contributed by atoms with Gasteiger partial charge < -0.3 is 5.11 Å². The van der Waals surface area contributed by atoms with E-state index in [9.17, 15) is 0 Å². The van der Waals surface area contributed by atoms with Gasteiger partial charge in [-0.25, -0.2) is 4.98 Å². The fourth-order valence-electron chi connectivity index (χ4n) is 1.08. The first-order valence-corrected chi connectivity index (χ1v) is 5.67. The van der Waals surface area contributed by atoms with Crippen molar-refractivity contribution >= 4 is 22.7 Å². The molecule has 0 spiro atoms. The van der Waals surface area contributed by atoms with Gasteiger partial charge in [-0.2, -0.15) is 11.3 Å². The molecule has 68 valence electrons. The van der Waals surface area contributed by atoms with Crippen LogP contribution in [0.15, 0.2) is 16.8 Å². The van der Waals surface area contributed by atoms with Gasteiger partial charge in [-0.05, 0) is 18.4 Å². The predicted octanol–water partition coefficient (Wildman–Crippen LogP) is 2.67. The summed E-state index contributed by atoms with van der Waals surface area (Å²) in [5, 5.41) is 14.1. The summed E-state index contributed by atoms with van der Waals surface area (Å²) >= 11 is 3.22. The standard InChI is InChI=1S/C9H9NOS2/c1-6-8(4-11)13-9(10-6)7-2-3-12-5-7/h2-3,5,11H,4H2,1H3. The lowest BCUT2D eigenvalue weighted by Gasteiger charge is -1.85. The van der Waals surface area contributed by atoms with Gasteiger partial charge in [0.15, 0.2) is 0 Å². The number of rotatable bonds is 2. The first kappa shape index (κ1) is 8.87. The number of aromatic nitrogens is 1. The topological polar surface area (TPSA) is 33.1 Å². The van der Waals surface area contributed by atoms with Crippen LogP contribution < -0.4 is 0 Å². The zero-order valence-corrected chi connectivity index (χ0v) is 8.78. The molecule has 0 bridgehead atoms. The Labute approximate surface area is 84.5 Å². The summed E-state index contributed by atoms with van der Waals surface area (Å²) in [4.78, 5) is 5.35. The Morgan fingerprint density at radius 1 is 1.54 bits per heavy atom. The number of hydrogen-bond acceptors (Lipinski definition) is 4. The molecule has 0 saturated carbocycles. The Kier molecular flexibility index (Phi) is 2.44. The smallest absolute Gasteiger partial charge is 0.124 e. The molecule has 0 aromatic carbocycles. The Balaban J connectivity index is 2.43. The molecule has 13 heavy (non-hydrogen) atoms. The van der Waals surface area contributed by atoms with Crippen LogP contribution in [0.4, 0.5) is 0 Å². The molecule has 2 heterocycles. The van der Waals surface area contributed by atoms with Crippen LogP contribution in [0.5, 0.6) is 0 Å². The number of nitrogens with zero attached hydrogens (tertiary/aromatic N) is 1. The van der Waals surface area contributed by atoms with E-state index in [1.54, 1.807) is 22.7 Å². The van der Waals surface area contributed by atoms with Gasteiger partial charge in [0.05, 0.1) is 17.2 Å². The van der Waals surface area contributed by atoms with E-state index >= 15 is 0 Å². The molecule has 0 atom stereocenters. The molecule has 0 unspecified atom stereocenters. The Hall–Kier alpha value is -0.710. The third kappa shape index (κ3) is 1.65. The zero-order chi connectivity index (χ0) is 9.26. The van der Waals surface area contributed by atoms with Gasteiger partial charge in [0.1, 0.15) is 5.01 Å². The predicted molar refractivity (Wildman–Crippen MR) is 56.1 cm³/mol. The van der Waals surface area contributed by atoms with Gasteiger partial charge in [0.2, 0.25) is 0 Å². The lowest BCUT2D eigenvalue weighted by atomic mass is 10.3. The Morgan fingerprint density at radius 3 is 2.92 bits per heavy atom. The van der Waals surface area contributed by atoms with Crippen LogP contribution in [0.2, 0.25) is 0 Å². The molecule has 1 N–H and O–H groups in total. The summed E-state index contributed by atoms with van der Waals surface area (Å²) < 4.78 is 0. The van der Waals surface area contributed by atoms with E-state index in [2.05, 4.69) is 10.4 Å². The van der Waals surface area contributed by atoms with Crippen molar-refractivity contribution in [3.63, 3.8) is 0 Å². The lowest BCUT2D eigenvalue weighted by molar-refractivity contribution is 0.284. The molecule has 0 aliphatic rings. The van der Waals surface area contributed by atoms with Gasteiger partial charge in [0, 0.05) is 10.9 Å². The Bertz CT molecular complexity index is 392. The van der Waals surface area contributed by atoms with Crippen LogP contribution in [0.3, 0.4) is 0 Å². The minimum atomic E-state index is 0.0909. The summed E-state index contributed by atoms with van der Waals surface area (Å²) in [7, 11) is 0. The van der Waals surface area contributed by atoms with Crippen molar-refractivity contribution in [2.45, 2.75) is 13.5 Å². The first-order chi connectivity index (χ1) is 6.31. The number of aliphatic hydroxyl groups excluding tert-OH is 1. The second-order valence-corrected chi connectivity index (χ2v) is 4.56. The van der Waals surface area contributed by atoms with E-state index in [0.29, 0.717) is 0 Å². The van der Waals surface area contributed by atoms with Crippen molar-refractivity contribution in [2.24, 2.45) is 0 Å². The first-order valence-electron chi connectivity index (χ1n) is 3.91. The molecule has 0 saturated heterocycles. The molecule has 2 aromatic rings. The average Bonchev–Trinajstić information content (AvgIpc) is 2.71. The van der Waals surface area contributed by atoms with Crippen LogP contribution in [-0.2, 0) is 6.61 Å². The maximum Gasteiger partial charge on any atom is 0.124 e. The molecule has 0 radical (unpaired) electrons. The highest BCUT2D eigenvalue weighted by Gasteiger charge is 2.07. The number of thiophene rings is 1. The maximum absolute atomic E-state index is 9.00. The summed E-state index contributed by atoms with van der Waals surface area (Å²) in [6.45, 7) is 2.02. The van der Waals surface area contributed by atoms with Crippen LogP contribution in [-0.4, -0.2) is 10.1 Å². The molecule has 2 rings (SSSR count). The van der Waals surface area contributed by atoms with Crippen LogP contribution in [0.1, 0.15) is 10.6 Å². The van der Waals surface area contributed by atoms with E-state index in [-0.39, 0.29) is 6.61 Å². The van der Waals surface area contributed by atoms with E-state index in [0.717, 1.165) is 21.1 Å². The molecule has 0 aliphatic heterocycles. The molecule has 0 aliphatic carbocycles. The highest BCUT2D eigenvalue weighted by atomic mass is 32.1. The number of aryl methyl sites for hydroxylation is 1. The largest absolute Gasteiger partial charge is 0.391 e. The van der Waals surface area contributed by atoms with Gasteiger partial charge >= 0.3 is 0 Å². The molecule has 2 nitrogen and oxygen atoms in total. The third-order valence-corrected chi connectivity index (χ3v) is 3.68. The van der Waals surface area contributed by atoms with Gasteiger partial charge in [-0.15, -0.1) is 11.3 Å². The second-order valence-electron chi connectivity index (χ2n) is 2.70. The minimum Gasteiger partial charge on any atom is -0.391 e. The normalized spacial score (nSPS) is 10.6. The van der Waals surface area contributed by atoms with Crippen molar-refractivity contribution in [2.75, 3.05) is 0 Å². The van der Waals surface area contributed by atoms with Gasteiger partial charge in [-0.3, -0.25) is 0 Å². The van der Waals surface area contributed by atoms with Crippen molar-refractivity contribution in [1.29, 1.82) is 0 Å². The second kappa shape index (κ2) is 3.57.